The van der Waals surface area contributed by atoms with Crippen LogP contribution in [0, 0.1) is 12.8 Å². The summed E-state index contributed by atoms with van der Waals surface area (Å²) in [5.41, 5.74) is -0.502. The van der Waals surface area contributed by atoms with E-state index in [-0.39, 0.29) is 0 Å². The van der Waals surface area contributed by atoms with Gasteiger partial charge in [0.05, 0.1) is 19.2 Å². The Morgan fingerprint density at radius 1 is 1.13 bits per heavy atom. The Labute approximate surface area is 221 Å². The molecule has 0 spiro atoms. The van der Waals surface area contributed by atoms with Crippen LogP contribution in [-0.4, -0.2) is 76.6 Å². The van der Waals surface area contributed by atoms with Crippen molar-refractivity contribution < 1.29 is 39.9 Å². The normalized spacial score (nSPS) is 15.1. The molecular weight excluding hydrogens is 494 g/mol. The predicted molar refractivity (Wildman–Crippen MR) is 139 cm³/mol. The topological polar surface area (TPSA) is 173 Å². The van der Waals surface area contributed by atoms with Gasteiger partial charge in [0.15, 0.2) is 5.60 Å². The molecule has 1 aromatic carbocycles. The molecule has 208 valence electrons. The zero-order valence-corrected chi connectivity index (χ0v) is 21.6. The Kier molecular flexibility index (Phi) is 12.0. The number of phenols is 1. The Balaban J connectivity index is 0.000000332. The van der Waals surface area contributed by atoms with E-state index in [1.807, 2.05) is 30.9 Å². The van der Waals surface area contributed by atoms with E-state index in [9.17, 15) is 19.5 Å². The Morgan fingerprint density at radius 3 is 2.39 bits per heavy atom. The second kappa shape index (κ2) is 14.9. The lowest BCUT2D eigenvalue weighted by atomic mass is 9.93. The third-order valence-corrected chi connectivity index (χ3v) is 6.26. The number of aromatic hydroxyl groups is 1. The molecule has 1 aliphatic carbocycles. The number of carboxylic acids is 3. The number of aromatic nitrogens is 2. The summed E-state index contributed by atoms with van der Waals surface area (Å²) in [6.07, 6.45) is 12.8. The number of aliphatic carboxylic acids is 3. The molecule has 0 amide bonds. The van der Waals surface area contributed by atoms with Gasteiger partial charge >= 0.3 is 17.9 Å². The number of carbonyl (C=O) groups is 3. The lowest BCUT2D eigenvalue weighted by Gasteiger charge is -2.28. The maximum absolute atomic E-state index is 10.3. The molecule has 5 N–H and O–H groups in total. The summed E-state index contributed by atoms with van der Waals surface area (Å²) in [7, 11) is 0. The Bertz CT molecular complexity index is 1070. The molecule has 3 rings (SSSR count). The van der Waals surface area contributed by atoms with E-state index in [1.165, 1.54) is 24.8 Å². The van der Waals surface area contributed by atoms with Crippen molar-refractivity contribution in [1.82, 2.24) is 14.5 Å². The number of hydrogen-bond donors (Lipinski definition) is 5. The van der Waals surface area contributed by atoms with Crippen molar-refractivity contribution in [2.75, 3.05) is 13.1 Å². The molecule has 1 atom stereocenters. The van der Waals surface area contributed by atoms with E-state index in [4.69, 9.17) is 20.4 Å². The van der Waals surface area contributed by atoms with Crippen LogP contribution in [0.3, 0.4) is 0 Å². The summed E-state index contributed by atoms with van der Waals surface area (Å²) >= 11 is 0. The van der Waals surface area contributed by atoms with Gasteiger partial charge in [-0.3, -0.25) is 14.5 Å². The summed E-state index contributed by atoms with van der Waals surface area (Å²) in [6, 6.07) is 5.89. The number of aryl methyl sites for hydroxylation is 2. The molecular formula is C27H37N3O8. The van der Waals surface area contributed by atoms with Crippen LogP contribution in [0.15, 0.2) is 49.1 Å². The second-order valence-corrected chi connectivity index (χ2v) is 9.65. The van der Waals surface area contributed by atoms with Gasteiger partial charge in [0.25, 0.3) is 0 Å². The molecule has 0 bridgehead atoms. The average molecular weight is 532 g/mol. The second-order valence-electron chi connectivity index (χ2n) is 9.65. The summed E-state index contributed by atoms with van der Waals surface area (Å²) in [5.74, 6) is -3.88. The van der Waals surface area contributed by atoms with E-state index < -0.39 is 36.4 Å². The van der Waals surface area contributed by atoms with Gasteiger partial charge in [-0.05, 0) is 44.6 Å². The molecule has 1 unspecified atom stereocenters. The van der Waals surface area contributed by atoms with Crippen molar-refractivity contribution in [3.05, 3.63) is 60.2 Å². The maximum Gasteiger partial charge on any atom is 0.336 e. The molecule has 1 aromatic heterocycles. The van der Waals surface area contributed by atoms with Crippen LogP contribution in [0.5, 0.6) is 5.75 Å². The fourth-order valence-corrected chi connectivity index (χ4v) is 4.31. The molecule has 2 aromatic rings. The molecule has 38 heavy (non-hydrogen) atoms. The van der Waals surface area contributed by atoms with Crippen LogP contribution in [0.1, 0.15) is 49.7 Å². The number of carboxylic acid groups (broad SMARTS) is 3. The Morgan fingerprint density at radius 2 is 1.84 bits per heavy atom. The number of benzene rings is 1. The molecule has 11 heteroatoms. The summed E-state index contributed by atoms with van der Waals surface area (Å²) in [6.45, 7) is 6.02. The molecule has 0 saturated carbocycles. The number of rotatable bonds is 13. The maximum atomic E-state index is 10.3. The van der Waals surface area contributed by atoms with Crippen molar-refractivity contribution in [2.24, 2.45) is 5.92 Å². The van der Waals surface area contributed by atoms with Gasteiger partial charge in [-0.25, -0.2) is 9.78 Å². The van der Waals surface area contributed by atoms with Crippen LogP contribution < -0.4 is 0 Å². The van der Waals surface area contributed by atoms with Crippen LogP contribution >= 0.6 is 0 Å². The SMILES string of the molecule is Cc1ccc(O)c(CN(CCCn2ccnc2)CC2CC=CCC2)c1.O=C(O)CC(O)(CC(=O)O)C(=O)O. The van der Waals surface area contributed by atoms with Gasteiger partial charge in [0.2, 0.25) is 0 Å². The van der Waals surface area contributed by atoms with Gasteiger partial charge in [-0.15, -0.1) is 0 Å². The van der Waals surface area contributed by atoms with E-state index in [0.717, 1.165) is 44.1 Å². The smallest absolute Gasteiger partial charge is 0.336 e. The van der Waals surface area contributed by atoms with Gasteiger partial charge in [0.1, 0.15) is 5.75 Å². The molecule has 0 fully saturated rings. The number of phenolic OH excluding ortho intramolecular Hbond substituents is 1. The Hall–Kier alpha value is -3.70. The molecule has 1 aliphatic rings. The molecule has 0 radical (unpaired) electrons. The van der Waals surface area contributed by atoms with Gasteiger partial charge in [0, 0.05) is 44.1 Å². The lowest BCUT2D eigenvalue weighted by Crippen LogP contribution is -2.42. The highest BCUT2D eigenvalue weighted by Gasteiger charge is 2.40. The van der Waals surface area contributed by atoms with Crippen molar-refractivity contribution in [1.29, 1.82) is 0 Å². The number of hydrogen-bond acceptors (Lipinski definition) is 7. The quantitative estimate of drug-likeness (QED) is 0.242. The number of nitrogens with zero attached hydrogens (tertiary/aromatic N) is 3. The average Bonchev–Trinajstić information content (AvgIpc) is 3.35. The van der Waals surface area contributed by atoms with E-state index in [2.05, 4.69) is 39.6 Å². The van der Waals surface area contributed by atoms with E-state index >= 15 is 0 Å². The minimum Gasteiger partial charge on any atom is -0.508 e. The summed E-state index contributed by atoms with van der Waals surface area (Å²) in [5, 5.41) is 44.0. The minimum absolute atomic E-state index is 0.411. The third-order valence-electron chi connectivity index (χ3n) is 6.26. The van der Waals surface area contributed by atoms with Crippen molar-refractivity contribution in [3.63, 3.8) is 0 Å². The van der Waals surface area contributed by atoms with Gasteiger partial charge < -0.3 is 30.1 Å². The first-order chi connectivity index (χ1) is 18.0. The van der Waals surface area contributed by atoms with Crippen LogP contribution in [0.2, 0.25) is 0 Å². The first-order valence-corrected chi connectivity index (χ1v) is 12.5. The standard InChI is InChI=1S/C21H29N3O.C6H8O7/c1-18-8-9-21(25)20(14-18)16-24(15-19-6-3-2-4-7-19)12-5-11-23-13-10-22-17-23;7-3(8)1-6(13,5(11)12)2-4(9)10/h2-3,8-10,13-14,17,19,25H,4-7,11-12,15-16H2,1H3;13H,1-2H2,(H,7,8)(H,9,10)(H,11,12). The number of imidazole rings is 1. The highest BCUT2D eigenvalue weighted by Crippen LogP contribution is 2.24. The third kappa shape index (κ3) is 10.7. The largest absolute Gasteiger partial charge is 0.508 e. The van der Waals surface area contributed by atoms with Gasteiger partial charge in [-0.2, -0.15) is 0 Å². The summed E-state index contributed by atoms with van der Waals surface area (Å²) < 4.78 is 2.13. The number of allylic oxidation sites excluding steroid dienone is 2. The first kappa shape index (κ1) is 30.5. The van der Waals surface area contributed by atoms with E-state index in [1.54, 1.807) is 0 Å². The van der Waals surface area contributed by atoms with Crippen LogP contribution in [-0.2, 0) is 27.5 Å². The fraction of sp³-hybridized carbons (Fsp3) is 0.481. The van der Waals surface area contributed by atoms with Crippen molar-refractivity contribution in [2.45, 2.75) is 64.1 Å². The molecule has 0 saturated heterocycles. The van der Waals surface area contributed by atoms with Crippen molar-refractivity contribution in [3.8, 4) is 5.75 Å². The molecule has 1 heterocycles. The van der Waals surface area contributed by atoms with Crippen LogP contribution in [0.4, 0.5) is 0 Å². The fourth-order valence-electron chi connectivity index (χ4n) is 4.31. The number of aliphatic hydroxyl groups is 1. The van der Waals surface area contributed by atoms with E-state index in [0.29, 0.717) is 5.75 Å². The monoisotopic (exact) mass is 531 g/mol. The highest BCUT2D eigenvalue weighted by atomic mass is 16.4. The highest BCUT2D eigenvalue weighted by molar-refractivity contribution is 5.88. The zero-order chi connectivity index (χ0) is 28.1. The van der Waals surface area contributed by atoms with Crippen molar-refractivity contribution >= 4 is 17.9 Å². The first-order valence-electron chi connectivity index (χ1n) is 12.5. The summed E-state index contributed by atoms with van der Waals surface area (Å²) in [4.78, 5) is 37.1. The predicted octanol–water partition coefficient (Wildman–Crippen LogP) is 2.90. The lowest BCUT2D eigenvalue weighted by molar-refractivity contribution is -0.170. The van der Waals surface area contributed by atoms with Gasteiger partial charge in [-0.1, -0.05) is 29.8 Å². The molecule has 0 aliphatic heterocycles. The molecule has 11 nitrogen and oxygen atoms in total. The zero-order valence-electron chi connectivity index (χ0n) is 21.6. The minimum atomic E-state index is -2.74. The van der Waals surface area contributed by atoms with Crippen LogP contribution in [0.25, 0.3) is 0 Å².